The van der Waals surface area contributed by atoms with Crippen molar-refractivity contribution < 1.29 is 14.4 Å². The molecule has 2 amide bonds. The first kappa shape index (κ1) is 16.8. The monoisotopic (exact) mass is 315 g/mol. The number of hydroxylamine groups is 2. The van der Waals surface area contributed by atoms with E-state index in [1.165, 1.54) is 19.7 Å². The number of nitrogens with zero attached hydrogens (tertiary/aromatic N) is 2. The highest BCUT2D eigenvalue weighted by atomic mass is 16.7. The number of anilines is 1. The van der Waals surface area contributed by atoms with Crippen LogP contribution in [0.25, 0.3) is 0 Å². The highest BCUT2D eigenvalue weighted by Gasteiger charge is 2.07. The van der Waals surface area contributed by atoms with Gasteiger partial charge in [-0.2, -0.15) is 0 Å². The topological polar surface area (TPSA) is 63.7 Å². The van der Waals surface area contributed by atoms with Crippen LogP contribution in [0.1, 0.15) is 11.3 Å². The van der Waals surface area contributed by atoms with Crippen LogP contribution >= 0.6 is 0 Å². The van der Waals surface area contributed by atoms with Gasteiger partial charge in [-0.25, -0.2) is 9.86 Å². The zero-order chi connectivity index (χ0) is 16.7. The third-order valence-corrected chi connectivity index (χ3v) is 3.26. The summed E-state index contributed by atoms with van der Waals surface area (Å²) in [5.74, 6) is 0.746. The largest absolute Gasteiger partial charge is 0.493 e. The van der Waals surface area contributed by atoms with E-state index < -0.39 is 0 Å². The van der Waals surface area contributed by atoms with Crippen molar-refractivity contribution in [2.45, 2.75) is 13.3 Å². The molecule has 2 aromatic rings. The molecule has 6 heteroatoms. The van der Waals surface area contributed by atoms with E-state index in [0.29, 0.717) is 12.3 Å². The number of rotatable bonds is 6. The van der Waals surface area contributed by atoms with Crippen LogP contribution in [0.3, 0.4) is 0 Å². The molecular weight excluding hydrogens is 294 g/mol. The summed E-state index contributed by atoms with van der Waals surface area (Å²) in [5.41, 5.74) is 2.87. The smallest absolute Gasteiger partial charge is 0.345 e. The predicted octanol–water partition coefficient (Wildman–Crippen LogP) is 3.04. The average molecular weight is 315 g/mol. The summed E-state index contributed by atoms with van der Waals surface area (Å²) >= 11 is 0. The second-order valence-electron chi connectivity index (χ2n) is 5.06. The number of hydrogen-bond donors (Lipinski definition) is 1. The van der Waals surface area contributed by atoms with Crippen LogP contribution in [0, 0.1) is 6.92 Å². The van der Waals surface area contributed by atoms with Crippen molar-refractivity contribution in [1.29, 1.82) is 0 Å². The SMILES string of the molecule is CON(C)C(=O)Nc1ccc(OCCc2cc(C)ccn2)cc1. The molecule has 122 valence electrons. The van der Waals surface area contributed by atoms with Crippen LogP contribution in [-0.2, 0) is 11.3 Å². The number of aromatic nitrogens is 1. The lowest BCUT2D eigenvalue weighted by atomic mass is 10.2. The Balaban J connectivity index is 1.82. The Bertz CT molecular complexity index is 644. The molecule has 0 aliphatic rings. The lowest BCUT2D eigenvalue weighted by Crippen LogP contribution is -2.30. The second kappa shape index (κ2) is 8.14. The molecule has 6 nitrogen and oxygen atoms in total. The highest BCUT2D eigenvalue weighted by Crippen LogP contribution is 2.16. The lowest BCUT2D eigenvalue weighted by molar-refractivity contribution is -0.0598. The van der Waals surface area contributed by atoms with Crippen molar-refractivity contribution in [3.8, 4) is 5.75 Å². The van der Waals surface area contributed by atoms with Crippen LogP contribution in [-0.4, -0.2) is 36.8 Å². The summed E-state index contributed by atoms with van der Waals surface area (Å²) in [5, 5.41) is 3.81. The molecule has 0 bridgehead atoms. The van der Waals surface area contributed by atoms with Gasteiger partial charge in [0.2, 0.25) is 0 Å². The lowest BCUT2D eigenvalue weighted by Gasteiger charge is -2.14. The van der Waals surface area contributed by atoms with E-state index >= 15 is 0 Å². The Hall–Kier alpha value is -2.60. The van der Waals surface area contributed by atoms with E-state index in [2.05, 4.69) is 10.3 Å². The summed E-state index contributed by atoms with van der Waals surface area (Å²) in [6.45, 7) is 2.59. The quantitative estimate of drug-likeness (QED) is 0.832. The number of carbonyl (C=O) groups excluding carboxylic acids is 1. The number of amides is 2. The van der Waals surface area contributed by atoms with E-state index in [9.17, 15) is 4.79 Å². The van der Waals surface area contributed by atoms with E-state index in [1.54, 1.807) is 18.3 Å². The first-order chi connectivity index (χ1) is 11.1. The number of carbonyl (C=O) groups is 1. The van der Waals surface area contributed by atoms with Crippen molar-refractivity contribution >= 4 is 11.7 Å². The van der Waals surface area contributed by atoms with Crippen molar-refractivity contribution in [3.63, 3.8) is 0 Å². The minimum atomic E-state index is -0.341. The fourth-order valence-electron chi connectivity index (χ4n) is 1.93. The van der Waals surface area contributed by atoms with Gasteiger partial charge in [-0.15, -0.1) is 0 Å². The summed E-state index contributed by atoms with van der Waals surface area (Å²) in [6.07, 6.45) is 2.55. The molecular formula is C17H21N3O3. The molecule has 0 fully saturated rings. The fourth-order valence-corrected chi connectivity index (χ4v) is 1.93. The number of nitrogens with one attached hydrogen (secondary N) is 1. The number of hydrogen-bond acceptors (Lipinski definition) is 4. The number of aryl methyl sites for hydroxylation is 1. The minimum Gasteiger partial charge on any atom is -0.493 e. The predicted molar refractivity (Wildman–Crippen MR) is 88.4 cm³/mol. The highest BCUT2D eigenvalue weighted by molar-refractivity contribution is 5.88. The van der Waals surface area contributed by atoms with Gasteiger partial charge in [0.1, 0.15) is 5.75 Å². The molecule has 0 aliphatic carbocycles. The van der Waals surface area contributed by atoms with Gasteiger partial charge in [0.15, 0.2) is 0 Å². The van der Waals surface area contributed by atoms with E-state index in [1.807, 2.05) is 31.2 Å². The molecule has 23 heavy (non-hydrogen) atoms. The molecule has 1 heterocycles. The average Bonchev–Trinajstić information content (AvgIpc) is 2.55. The Kier molecular flexibility index (Phi) is 5.94. The van der Waals surface area contributed by atoms with E-state index in [0.717, 1.165) is 22.9 Å². The number of benzene rings is 1. The number of pyridine rings is 1. The molecule has 0 saturated carbocycles. The molecule has 2 rings (SSSR count). The maximum absolute atomic E-state index is 11.6. The van der Waals surface area contributed by atoms with Gasteiger partial charge in [0.25, 0.3) is 0 Å². The van der Waals surface area contributed by atoms with Crippen LogP contribution in [0.15, 0.2) is 42.6 Å². The Labute approximate surface area is 136 Å². The van der Waals surface area contributed by atoms with Gasteiger partial charge in [-0.3, -0.25) is 9.82 Å². The summed E-state index contributed by atoms with van der Waals surface area (Å²) in [6, 6.07) is 10.9. The maximum atomic E-state index is 11.6. The molecule has 1 N–H and O–H groups in total. The molecule has 0 radical (unpaired) electrons. The Morgan fingerprint density at radius 3 is 2.65 bits per heavy atom. The maximum Gasteiger partial charge on any atom is 0.345 e. The van der Waals surface area contributed by atoms with Crippen molar-refractivity contribution in [1.82, 2.24) is 10.0 Å². The molecule has 0 atom stereocenters. The fraction of sp³-hybridized carbons (Fsp3) is 0.294. The van der Waals surface area contributed by atoms with E-state index in [-0.39, 0.29) is 6.03 Å². The first-order valence-corrected chi connectivity index (χ1v) is 7.31. The molecule has 1 aromatic heterocycles. The standard InChI is InChI=1S/C17H21N3O3/c1-13-8-10-18-15(12-13)9-11-23-16-6-4-14(5-7-16)19-17(21)20(2)22-3/h4-8,10,12H,9,11H2,1-3H3,(H,19,21). The second-order valence-corrected chi connectivity index (χ2v) is 5.06. The summed E-state index contributed by atoms with van der Waals surface area (Å²) in [4.78, 5) is 20.7. The molecule has 0 aliphatic heterocycles. The first-order valence-electron chi connectivity index (χ1n) is 7.31. The Morgan fingerprint density at radius 2 is 2.00 bits per heavy atom. The zero-order valence-electron chi connectivity index (χ0n) is 13.6. The van der Waals surface area contributed by atoms with Crippen molar-refractivity contribution in [2.75, 3.05) is 26.1 Å². The van der Waals surface area contributed by atoms with Gasteiger partial charge in [-0.1, -0.05) is 0 Å². The van der Waals surface area contributed by atoms with Crippen LogP contribution in [0.4, 0.5) is 10.5 Å². The normalized spacial score (nSPS) is 10.2. The van der Waals surface area contributed by atoms with Crippen LogP contribution in [0.2, 0.25) is 0 Å². The van der Waals surface area contributed by atoms with Crippen LogP contribution in [0.5, 0.6) is 5.75 Å². The van der Waals surface area contributed by atoms with Crippen molar-refractivity contribution in [2.24, 2.45) is 0 Å². The van der Waals surface area contributed by atoms with Gasteiger partial charge < -0.3 is 10.1 Å². The molecule has 0 spiro atoms. The summed E-state index contributed by atoms with van der Waals surface area (Å²) in [7, 11) is 2.96. The molecule has 1 aromatic carbocycles. The molecule has 0 unspecified atom stereocenters. The van der Waals surface area contributed by atoms with Gasteiger partial charge in [0.05, 0.1) is 13.7 Å². The molecule has 0 saturated heterocycles. The Morgan fingerprint density at radius 1 is 1.26 bits per heavy atom. The van der Waals surface area contributed by atoms with Gasteiger partial charge in [-0.05, 0) is 48.9 Å². The third-order valence-electron chi connectivity index (χ3n) is 3.26. The van der Waals surface area contributed by atoms with E-state index in [4.69, 9.17) is 9.57 Å². The number of ether oxygens (including phenoxy) is 1. The zero-order valence-corrected chi connectivity index (χ0v) is 13.6. The third kappa shape index (κ3) is 5.27. The summed E-state index contributed by atoms with van der Waals surface area (Å²) < 4.78 is 5.69. The number of urea groups is 1. The van der Waals surface area contributed by atoms with Gasteiger partial charge >= 0.3 is 6.03 Å². The van der Waals surface area contributed by atoms with Gasteiger partial charge in [0, 0.05) is 31.0 Å². The van der Waals surface area contributed by atoms with Crippen LogP contribution < -0.4 is 10.1 Å². The van der Waals surface area contributed by atoms with Crippen molar-refractivity contribution in [3.05, 3.63) is 53.9 Å². The minimum absolute atomic E-state index is 0.341.